The van der Waals surface area contributed by atoms with E-state index in [0.717, 1.165) is 18.4 Å². The largest absolute Gasteiger partial charge is 0.480 e. The van der Waals surface area contributed by atoms with E-state index >= 15 is 0 Å². The van der Waals surface area contributed by atoms with Crippen molar-refractivity contribution in [2.45, 2.75) is 44.6 Å². The van der Waals surface area contributed by atoms with Crippen molar-refractivity contribution >= 4 is 23.5 Å². The Labute approximate surface area is 155 Å². The van der Waals surface area contributed by atoms with Gasteiger partial charge in [-0.3, -0.25) is 4.79 Å². The van der Waals surface area contributed by atoms with Gasteiger partial charge in [-0.1, -0.05) is 29.6 Å². The summed E-state index contributed by atoms with van der Waals surface area (Å²) in [7, 11) is 0. The second-order valence-corrected chi connectivity index (χ2v) is 6.95. The smallest absolute Gasteiger partial charge is 0.326 e. The van der Waals surface area contributed by atoms with Crippen LogP contribution in [-0.2, 0) is 16.0 Å². The van der Waals surface area contributed by atoms with Crippen LogP contribution >= 0.6 is 11.6 Å². The van der Waals surface area contributed by atoms with E-state index in [1.165, 1.54) is 0 Å². The molecule has 2 N–H and O–H groups in total. The molecule has 1 unspecified atom stereocenters. The van der Waals surface area contributed by atoms with Crippen molar-refractivity contribution < 1.29 is 19.2 Å². The van der Waals surface area contributed by atoms with Gasteiger partial charge in [0, 0.05) is 23.4 Å². The number of hydrogen-bond acceptors (Lipinski definition) is 5. The molecule has 1 aliphatic carbocycles. The lowest BCUT2D eigenvalue weighted by Gasteiger charge is -2.13. The first-order chi connectivity index (χ1) is 12.5. The molecule has 3 rings (SSSR count). The third-order valence-corrected chi connectivity index (χ3v) is 4.52. The molecule has 1 aromatic heterocycles. The molecule has 2 aromatic rings. The summed E-state index contributed by atoms with van der Waals surface area (Å²) in [5.41, 5.74) is 0.798. The zero-order valence-electron chi connectivity index (χ0n) is 14.2. The van der Waals surface area contributed by atoms with Gasteiger partial charge in [-0.2, -0.15) is 4.98 Å². The summed E-state index contributed by atoms with van der Waals surface area (Å²) < 4.78 is 5.19. The van der Waals surface area contributed by atoms with E-state index in [9.17, 15) is 14.7 Å². The highest BCUT2D eigenvalue weighted by Crippen LogP contribution is 2.33. The van der Waals surface area contributed by atoms with E-state index in [0.29, 0.717) is 41.9 Å². The number of carboxylic acid groups (broad SMARTS) is 1. The van der Waals surface area contributed by atoms with E-state index in [1.807, 2.05) is 0 Å². The highest BCUT2D eigenvalue weighted by Gasteiger charge is 2.30. The van der Waals surface area contributed by atoms with Crippen molar-refractivity contribution in [3.8, 4) is 11.4 Å². The summed E-state index contributed by atoms with van der Waals surface area (Å²) in [6.45, 7) is 0. The van der Waals surface area contributed by atoms with Gasteiger partial charge in [0.05, 0.1) is 0 Å². The highest BCUT2D eigenvalue weighted by molar-refractivity contribution is 6.30. The van der Waals surface area contributed by atoms with Gasteiger partial charge < -0.3 is 14.9 Å². The Kier molecular flexibility index (Phi) is 5.88. The van der Waals surface area contributed by atoms with Crippen molar-refractivity contribution in [2.24, 2.45) is 5.92 Å². The molecule has 0 radical (unpaired) electrons. The van der Waals surface area contributed by atoms with Crippen LogP contribution in [0.15, 0.2) is 28.8 Å². The number of aliphatic carboxylic acids is 1. The van der Waals surface area contributed by atoms with Crippen LogP contribution in [0, 0.1) is 5.92 Å². The Morgan fingerprint density at radius 1 is 1.31 bits per heavy atom. The summed E-state index contributed by atoms with van der Waals surface area (Å²) in [6, 6.07) is 6.30. The first kappa shape index (κ1) is 18.4. The van der Waals surface area contributed by atoms with Crippen LogP contribution in [0.2, 0.25) is 5.02 Å². The van der Waals surface area contributed by atoms with Crippen LogP contribution < -0.4 is 5.32 Å². The van der Waals surface area contributed by atoms with Gasteiger partial charge in [-0.05, 0) is 43.0 Å². The number of aromatic nitrogens is 2. The molecular formula is C18H20ClN3O4. The Hall–Kier alpha value is -2.41. The number of benzene rings is 1. The van der Waals surface area contributed by atoms with E-state index in [-0.39, 0.29) is 12.3 Å². The van der Waals surface area contributed by atoms with Crippen LogP contribution in [0.5, 0.6) is 0 Å². The molecule has 8 heteroatoms. The lowest BCUT2D eigenvalue weighted by atomic mass is 10.1. The third-order valence-electron chi connectivity index (χ3n) is 4.26. The Balaban J connectivity index is 1.44. The molecule has 0 bridgehead atoms. The quantitative estimate of drug-likeness (QED) is 0.695. The molecule has 1 atom stereocenters. The van der Waals surface area contributed by atoms with E-state index in [4.69, 9.17) is 16.1 Å². The summed E-state index contributed by atoms with van der Waals surface area (Å²) in [5.74, 6) is 0.0957. The third kappa shape index (κ3) is 5.29. The number of carbonyl (C=O) groups is 2. The van der Waals surface area contributed by atoms with Gasteiger partial charge in [0.25, 0.3) is 0 Å². The van der Waals surface area contributed by atoms with Crippen molar-refractivity contribution in [1.82, 2.24) is 15.5 Å². The lowest BCUT2D eigenvalue weighted by Crippen LogP contribution is -2.41. The molecule has 1 aromatic carbocycles. The summed E-state index contributed by atoms with van der Waals surface area (Å²) in [6.07, 6.45) is 3.78. The van der Waals surface area contributed by atoms with Crippen LogP contribution in [0.4, 0.5) is 0 Å². The predicted octanol–water partition coefficient (Wildman–Crippen LogP) is 3.08. The van der Waals surface area contributed by atoms with Crippen LogP contribution in [0.25, 0.3) is 11.4 Å². The molecule has 1 saturated carbocycles. The molecule has 0 aliphatic heterocycles. The first-order valence-corrected chi connectivity index (χ1v) is 9.00. The van der Waals surface area contributed by atoms with Crippen molar-refractivity contribution in [2.75, 3.05) is 0 Å². The Morgan fingerprint density at radius 2 is 2.04 bits per heavy atom. The number of nitrogens with one attached hydrogen (secondary N) is 1. The minimum atomic E-state index is -0.977. The normalized spacial score (nSPS) is 14.8. The minimum Gasteiger partial charge on any atom is -0.480 e. The Morgan fingerprint density at radius 3 is 2.69 bits per heavy atom. The number of aryl methyl sites for hydroxylation is 1. The molecule has 0 saturated heterocycles. The second-order valence-electron chi connectivity index (χ2n) is 6.51. The number of hydrogen-bond donors (Lipinski definition) is 2. The number of halogens is 1. The van der Waals surface area contributed by atoms with Gasteiger partial charge in [0.15, 0.2) is 0 Å². The molecule has 1 fully saturated rings. The van der Waals surface area contributed by atoms with E-state index < -0.39 is 12.0 Å². The van der Waals surface area contributed by atoms with Crippen LogP contribution in [0.1, 0.15) is 38.0 Å². The molecular weight excluding hydrogens is 358 g/mol. The summed E-state index contributed by atoms with van der Waals surface area (Å²) >= 11 is 5.85. The molecule has 1 aliphatic rings. The van der Waals surface area contributed by atoms with Crippen molar-refractivity contribution in [1.29, 1.82) is 0 Å². The first-order valence-electron chi connectivity index (χ1n) is 8.62. The average molecular weight is 378 g/mol. The fourth-order valence-electron chi connectivity index (χ4n) is 2.65. The number of nitrogens with zero attached hydrogens (tertiary/aromatic N) is 2. The van der Waals surface area contributed by atoms with Crippen LogP contribution in [0.3, 0.4) is 0 Å². The fourth-order valence-corrected chi connectivity index (χ4v) is 2.77. The summed E-state index contributed by atoms with van der Waals surface area (Å²) in [5, 5.41) is 16.3. The maximum Gasteiger partial charge on any atom is 0.326 e. The van der Waals surface area contributed by atoms with E-state index in [2.05, 4.69) is 15.5 Å². The highest BCUT2D eigenvalue weighted by atomic mass is 35.5. The molecule has 0 spiro atoms. The number of rotatable bonds is 9. The fraction of sp³-hybridized carbons (Fsp3) is 0.444. The maximum absolute atomic E-state index is 12.0. The van der Waals surface area contributed by atoms with E-state index in [1.54, 1.807) is 24.3 Å². The van der Waals surface area contributed by atoms with Gasteiger partial charge in [-0.15, -0.1) is 0 Å². The molecule has 1 amide bonds. The summed E-state index contributed by atoms with van der Waals surface area (Å²) in [4.78, 5) is 27.4. The number of amides is 1. The zero-order valence-corrected chi connectivity index (χ0v) is 14.9. The Bertz CT molecular complexity index is 771. The molecule has 1 heterocycles. The standard InChI is InChI=1S/C18H20ClN3O4/c19-13-8-6-12(7-9-13)17-21-16(26-22-17)3-1-2-15(23)20-14(18(24)25)10-11-4-5-11/h6-9,11,14H,1-5,10H2,(H,20,23)(H,24,25). The lowest BCUT2D eigenvalue weighted by molar-refractivity contribution is -0.142. The average Bonchev–Trinajstić information content (AvgIpc) is 3.30. The van der Waals surface area contributed by atoms with Crippen molar-refractivity contribution in [3.05, 3.63) is 35.2 Å². The van der Waals surface area contributed by atoms with Gasteiger partial charge in [0.2, 0.25) is 17.6 Å². The monoisotopic (exact) mass is 377 g/mol. The molecule has 26 heavy (non-hydrogen) atoms. The van der Waals surface area contributed by atoms with Crippen molar-refractivity contribution in [3.63, 3.8) is 0 Å². The number of carboxylic acids is 1. The second kappa shape index (κ2) is 8.31. The SMILES string of the molecule is O=C(CCCc1nc(-c2ccc(Cl)cc2)no1)NC(CC1CC1)C(=O)O. The van der Waals surface area contributed by atoms with Crippen LogP contribution in [-0.4, -0.2) is 33.2 Å². The molecule has 138 valence electrons. The number of carbonyl (C=O) groups excluding carboxylic acids is 1. The van der Waals surface area contributed by atoms with Gasteiger partial charge >= 0.3 is 5.97 Å². The van der Waals surface area contributed by atoms with Gasteiger partial charge in [0.1, 0.15) is 6.04 Å². The maximum atomic E-state index is 12.0. The zero-order chi connectivity index (χ0) is 18.5. The predicted molar refractivity (Wildman–Crippen MR) is 94.6 cm³/mol. The minimum absolute atomic E-state index is 0.215. The molecule has 7 nitrogen and oxygen atoms in total. The topological polar surface area (TPSA) is 105 Å². The van der Waals surface area contributed by atoms with Gasteiger partial charge in [-0.25, -0.2) is 4.79 Å².